The van der Waals surface area contributed by atoms with Gasteiger partial charge in [-0.05, 0) is 43.0 Å². The second-order valence-corrected chi connectivity index (χ2v) is 7.13. The van der Waals surface area contributed by atoms with E-state index in [2.05, 4.69) is 13.0 Å². The third kappa shape index (κ3) is 2.15. The summed E-state index contributed by atoms with van der Waals surface area (Å²) in [6.45, 7) is 4.19. The van der Waals surface area contributed by atoms with Gasteiger partial charge in [0.1, 0.15) is 0 Å². The first-order chi connectivity index (χ1) is 10.9. The molecule has 0 bridgehead atoms. The minimum atomic E-state index is -0.536. The van der Waals surface area contributed by atoms with Crippen molar-refractivity contribution >= 4 is 12.0 Å². The minimum Gasteiger partial charge on any atom is -0.504 e. The van der Waals surface area contributed by atoms with Crippen LogP contribution in [-0.2, 0) is 14.9 Å². The number of benzene rings is 1. The Labute approximate surface area is 137 Å². The van der Waals surface area contributed by atoms with Crippen LogP contribution in [-0.4, -0.2) is 25.3 Å². The number of allylic oxidation sites excluding steroid dienone is 1. The van der Waals surface area contributed by atoms with E-state index in [1.54, 1.807) is 13.2 Å². The lowest BCUT2D eigenvalue weighted by Gasteiger charge is -2.51. The van der Waals surface area contributed by atoms with Crippen molar-refractivity contribution in [2.75, 3.05) is 14.2 Å². The Balaban J connectivity index is 2.15. The Hall–Kier alpha value is -1.97. The lowest BCUT2D eigenvalue weighted by molar-refractivity contribution is -0.158. The predicted octanol–water partition coefficient (Wildman–Crippen LogP) is 3.66. The van der Waals surface area contributed by atoms with E-state index in [0.717, 1.165) is 30.4 Å². The van der Waals surface area contributed by atoms with Crippen LogP contribution in [0.1, 0.15) is 44.2 Å². The Morgan fingerprint density at radius 2 is 2.00 bits per heavy atom. The summed E-state index contributed by atoms with van der Waals surface area (Å²) in [6, 6.07) is 3.67. The molecule has 0 radical (unpaired) electrons. The largest absolute Gasteiger partial charge is 0.504 e. The summed E-state index contributed by atoms with van der Waals surface area (Å²) >= 11 is 0. The topological polar surface area (TPSA) is 55.8 Å². The van der Waals surface area contributed by atoms with E-state index in [1.807, 2.05) is 19.1 Å². The van der Waals surface area contributed by atoms with Gasteiger partial charge in [-0.15, -0.1) is 0 Å². The highest BCUT2D eigenvalue weighted by atomic mass is 16.5. The maximum absolute atomic E-state index is 12.4. The highest BCUT2D eigenvalue weighted by molar-refractivity contribution is 5.79. The predicted molar refractivity (Wildman–Crippen MR) is 88.5 cm³/mol. The molecule has 0 unspecified atom stereocenters. The van der Waals surface area contributed by atoms with E-state index in [0.29, 0.717) is 5.75 Å². The third-order valence-electron chi connectivity index (χ3n) is 5.85. The maximum atomic E-state index is 12.4. The lowest BCUT2D eigenvalue weighted by Crippen LogP contribution is -2.50. The highest BCUT2D eigenvalue weighted by Crippen LogP contribution is 2.57. The van der Waals surface area contributed by atoms with Crippen LogP contribution in [0.3, 0.4) is 0 Å². The molecule has 4 heteroatoms. The fourth-order valence-corrected chi connectivity index (χ4v) is 4.61. The second-order valence-electron chi connectivity index (χ2n) is 7.13. The Kier molecular flexibility index (Phi) is 3.66. The van der Waals surface area contributed by atoms with Gasteiger partial charge in [0.2, 0.25) is 0 Å². The summed E-state index contributed by atoms with van der Waals surface area (Å²) in [4.78, 5) is 12.4. The zero-order valence-electron chi connectivity index (χ0n) is 14.2. The number of phenolic OH excluding ortho intramolecular Hbond substituents is 1. The molecule has 3 rings (SSSR count). The van der Waals surface area contributed by atoms with E-state index < -0.39 is 5.41 Å². The smallest absolute Gasteiger partial charge is 0.312 e. The molecule has 2 aliphatic carbocycles. The molecule has 2 aliphatic rings. The summed E-state index contributed by atoms with van der Waals surface area (Å²) in [5.74, 6) is 0.518. The van der Waals surface area contributed by atoms with Gasteiger partial charge in [-0.25, -0.2) is 0 Å². The SMILES string of the molecule is COC(=O)[C@@]1(C)CCC[C@]2(C)c3cc(O)c(OC)cc3C=C[C@@H]12. The quantitative estimate of drug-likeness (QED) is 0.846. The number of aromatic hydroxyl groups is 1. The van der Waals surface area contributed by atoms with Gasteiger partial charge in [0.25, 0.3) is 0 Å². The van der Waals surface area contributed by atoms with Crippen LogP contribution in [0.25, 0.3) is 6.08 Å². The van der Waals surface area contributed by atoms with Crippen molar-refractivity contribution < 1.29 is 19.4 Å². The van der Waals surface area contributed by atoms with Crippen LogP contribution < -0.4 is 4.74 Å². The van der Waals surface area contributed by atoms with Crippen LogP contribution in [0.4, 0.5) is 0 Å². The number of methoxy groups -OCH3 is 2. The average Bonchev–Trinajstić information content (AvgIpc) is 2.53. The lowest BCUT2D eigenvalue weighted by atomic mass is 9.51. The number of ether oxygens (including phenoxy) is 2. The maximum Gasteiger partial charge on any atom is 0.312 e. The molecule has 1 N–H and O–H groups in total. The number of fused-ring (bicyclic) bond motifs is 3. The van der Waals surface area contributed by atoms with Crippen LogP contribution in [0.2, 0.25) is 0 Å². The van der Waals surface area contributed by atoms with Gasteiger partial charge in [0, 0.05) is 11.3 Å². The first kappa shape index (κ1) is 15.9. The standard InChI is InChI=1S/C19H24O4/c1-18-8-5-9-19(2,17(21)23-4)16(18)7-6-12-10-15(22-3)14(20)11-13(12)18/h6-7,10-11,16,20H,5,8-9H2,1-4H3/t16-,18-,19+/m1/s1. The van der Waals surface area contributed by atoms with Crippen molar-refractivity contribution in [2.24, 2.45) is 11.3 Å². The van der Waals surface area contributed by atoms with Crippen molar-refractivity contribution in [1.82, 2.24) is 0 Å². The van der Waals surface area contributed by atoms with E-state index in [1.165, 1.54) is 7.11 Å². The summed E-state index contributed by atoms with van der Waals surface area (Å²) in [5, 5.41) is 10.2. The van der Waals surface area contributed by atoms with Crippen LogP contribution >= 0.6 is 0 Å². The van der Waals surface area contributed by atoms with Crippen molar-refractivity contribution in [3.05, 3.63) is 29.3 Å². The zero-order valence-corrected chi connectivity index (χ0v) is 14.2. The number of carbonyl (C=O) groups is 1. The molecule has 0 heterocycles. The Morgan fingerprint density at radius 3 is 2.65 bits per heavy atom. The second kappa shape index (κ2) is 5.29. The van der Waals surface area contributed by atoms with Crippen LogP contribution in [0, 0.1) is 11.3 Å². The molecule has 1 saturated carbocycles. The summed E-state index contributed by atoms with van der Waals surface area (Å²) in [7, 11) is 3.00. The summed E-state index contributed by atoms with van der Waals surface area (Å²) < 4.78 is 10.3. The number of phenols is 1. The first-order valence-electron chi connectivity index (χ1n) is 8.05. The minimum absolute atomic E-state index is 0.0523. The molecule has 4 nitrogen and oxygen atoms in total. The normalized spacial score (nSPS) is 31.9. The van der Waals surface area contributed by atoms with E-state index >= 15 is 0 Å². The number of rotatable bonds is 2. The zero-order chi connectivity index (χ0) is 16.8. The molecular weight excluding hydrogens is 292 g/mol. The third-order valence-corrected chi connectivity index (χ3v) is 5.85. The number of hydrogen-bond acceptors (Lipinski definition) is 4. The van der Waals surface area contributed by atoms with Gasteiger partial charge in [-0.2, -0.15) is 0 Å². The average molecular weight is 316 g/mol. The number of hydrogen-bond donors (Lipinski definition) is 1. The fourth-order valence-electron chi connectivity index (χ4n) is 4.61. The molecule has 0 amide bonds. The van der Waals surface area contributed by atoms with E-state index in [-0.39, 0.29) is 23.1 Å². The Bertz CT molecular complexity index is 678. The van der Waals surface area contributed by atoms with E-state index in [4.69, 9.17) is 9.47 Å². The van der Waals surface area contributed by atoms with Crippen molar-refractivity contribution in [3.63, 3.8) is 0 Å². The molecule has 0 aliphatic heterocycles. The molecule has 1 aromatic carbocycles. The molecule has 23 heavy (non-hydrogen) atoms. The van der Waals surface area contributed by atoms with Gasteiger partial charge in [-0.1, -0.05) is 25.5 Å². The highest BCUT2D eigenvalue weighted by Gasteiger charge is 2.54. The van der Waals surface area contributed by atoms with E-state index in [9.17, 15) is 9.90 Å². The molecule has 1 aromatic rings. The summed E-state index contributed by atoms with van der Waals surface area (Å²) in [5.41, 5.74) is 1.39. The van der Waals surface area contributed by atoms with Gasteiger partial charge in [0.05, 0.1) is 19.6 Å². The van der Waals surface area contributed by atoms with Crippen molar-refractivity contribution in [2.45, 2.75) is 38.5 Å². The first-order valence-corrected chi connectivity index (χ1v) is 8.05. The molecule has 0 spiro atoms. The molecular formula is C19H24O4. The number of carbonyl (C=O) groups excluding carboxylic acids is 1. The Morgan fingerprint density at radius 1 is 1.26 bits per heavy atom. The van der Waals surface area contributed by atoms with Gasteiger partial charge < -0.3 is 14.6 Å². The summed E-state index contributed by atoms with van der Waals surface area (Å²) in [6.07, 6.45) is 6.93. The van der Waals surface area contributed by atoms with Gasteiger partial charge in [0.15, 0.2) is 11.5 Å². The van der Waals surface area contributed by atoms with Crippen molar-refractivity contribution in [3.8, 4) is 11.5 Å². The van der Waals surface area contributed by atoms with Crippen LogP contribution in [0.15, 0.2) is 18.2 Å². The molecule has 3 atom stereocenters. The number of esters is 1. The van der Waals surface area contributed by atoms with Gasteiger partial charge >= 0.3 is 5.97 Å². The molecule has 0 aromatic heterocycles. The van der Waals surface area contributed by atoms with Crippen LogP contribution in [0.5, 0.6) is 11.5 Å². The molecule has 1 fully saturated rings. The molecule has 0 saturated heterocycles. The molecule has 124 valence electrons. The monoisotopic (exact) mass is 316 g/mol. The van der Waals surface area contributed by atoms with Gasteiger partial charge in [-0.3, -0.25) is 4.79 Å². The fraction of sp³-hybridized carbons (Fsp3) is 0.526. The van der Waals surface area contributed by atoms with Crippen molar-refractivity contribution in [1.29, 1.82) is 0 Å².